The molecule has 0 saturated heterocycles. The summed E-state index contributed by atoms with van der Waals surface area (Å²) in [4.78, 5) is 12.6. The zero-order valence-electron chi connectivity index (χ0n) is 16.8. The van der Waals surface area contributed by atoms with E-state index in [0.29, 0.717) is 22.7 Å². The summed E-state index contributed by atoms with van der Waals surface area (Å²) < 4.78 is 5.97. The third kappa shape index (κ3) is 4.14. The van der Waals surface area contributed by atoms with Crippen molar-refractivity contribution in [2.45, 2.75) is 12.8 Å². The van der Waals surface area contributed by atoms with E-state index in [1.807, 2.05) is 42.5 Å². The van der Waals surface area contributed by atoms with Crippen LogP contribution in [0.25, 0.3) is 0 Å². The fraction of sp³-hybridized carbons (Fsp3) is 0.0741. The van der Waals surface area contributed by atoms with E-state index in [2.05, 4.69) is 29.6 Å². The maximum atomic E-state index is 12.6. The minimum atomic E-state index is -0.167. The Morgan fingerprint density at radius 2 is 1.35 bits per heavy atom. The Bertz CT molecular complexity index is 1280. The van der Waals surface area contributed by atoms with Crippen molar-refractivity contribution in [1.82, 2.24) is 0 Å². The second kappa shape index (κ2) is 8.00. The average Bonchev–Trinajstić information content (AvgIpc) is 2.90. The van der Waals surface area contributed by atoms with Gasteiger partial charge in [0, 0.05) is 0 Å². The first-order valence-electron chi connectivity index (χ1n) is 10.2. The predicted octanol–water partition coefficient (Wildman–Crippen LogP) is 5.93. The van der Waals surface area contributed by atoms with Gasteiger partial charge in [0.25, 0.3) is 5.91 Å². The molecule has 0 aromatic heterocycles. The van der Waals surface area contributed by atoms with E-state index in [-0.39, 0.29) is 11.7 Å². The molecule has 1 heterocycles. The molecule has 1 aliphatic heterocycles. The number of nitrogens with one attached hydrogen (secondary N) is 1. The lowest BCUT2D eigenvalue weighted by molar-refractivity contribution is 0.102. The van der Waals surface area contributed by atoms with Crippen molar-refractivity contribution < 1.29 is 14.6 Å². The van der Waals surface area contributed by atoms with Crippen molar-refractivity contribution >= 4 is 11.6 Å². The number of aromatic hydroxyl groups is 1. The summed E-state index contributed by atoms with van der Waals surface area (Å²) in [5.74, 6) is 1.32. The Balaban J connectivity index is 1.37. The number of carbonyl (C=O) groups is 1. The van der Waals surface area contributed by atoms with Gasteiger partial charge in [0.15, 0.2) is 5.75 Å². The fourth-order valence-electron chi connectivity index (χ4n) is 3.91. The lowest BCUT2D eigenvalue weighted by Gasteiger charge is -2.11. The van der Waals surface area contributed by atoms with Crippen LogP contribution in [-0.4, -0.2) is 11.0 Å². The predicted molar refractivity (Wildman–Crippen MR) is 121 cm³/mol. The van der Waals surface area contributed by atoms with Crippen LogP contribution >= 0.6 is 0 Å². The number of phenolic OH excluding ortho intramolecular Hbond substituents is 1. The summed E-state index contributed by atoms with van der Waals surface area (Å²) in [5, 5.41) is 12.7. The quantitative estimate of drug-likeness (QED) is 0.441. The molecule has 1 amide bonds. The molecule has 4 aromatic carbocycles. The molecule has 0 radical (unpaired) electrons. The first kappa shape index (κ1) is 18.9. The minimum Gasteiger partial charge on any atom is -0.508 e. The van der Waals surface area contributed by atoms with Gasteiger partial charge in [0.1, 0.15) is 11.5 Å². The Morgan fingerprint density at radius 3 is 2.13 bits per heavy atom. The summed E-state index contributed by atoms with van der Waals surface area (Å²) in [6.45, 7) is 0. The number of para-hydroxylation sites is 1. The number of anilines is 1. The first-order valence-corrected chi connectivity index (χ1v) is 10.2. The van der Waals surface area contributed by atoms with Crippen LogP contribution in [0.15, 0.2) is 91.0 Å². The van der Waals surface area contributed by atoms with Crippen LogP contribution in [0.4, 0.5) is 5.69 Å². The van der Waals surface area contributed by atoms with Gasteiger partial charge in [0.2, 0.25) is 0 Å². The smallest absolute Gasteiger partial charge is 0.259 e. The number of rotatable bonds is 4. The van der Waals surface area contributed by atoms with Gasteiger partial charge in [-0.1, -0.05) is 54.6 Å². The number of benzene rings is 4. The summed E-state index contributed by atoms with van der Waals surface area (Å²) in [6.07, 6.45) is 1.50. The minimum absolute atomic E-state index is 0.167. The number of carbonyl (C=O) groups excluding carboxylic acids is 1. The molecule has 0 fully saturated rings. The summed E-state index contributed by atoms with van der Waals surface area (Å²) in [7, 11) is 0. The third-order valence-corrected chi connectivity index (χ3v) is 5.36. The molecule has 152 valence electrons. The molecule has 4 heteroatoms. The van der Waals surface area contributed by atoms with Gasteiger partial charge < -0.3 is 15.2 Å². The summed E-state index contributed by atoms with van der Waals surface area (Å²) >= 11 is 0. The molecule has 31 heavy (non-hydrogen) atoms. The standard InChI is InChI=1S/C27H21NO3/c29-22-8-4-7-20(16-22)14-18-5-3-6-19(13-18)15-21-11-12-26-24(17-21)28-27(30)23-9-1-2-10-25(23)31-26/h1-13,16-17,29H,14-15H2,(H,28,30). The third-order valence-electron chi connectivity index (χ3n) is 5.36. The van der Waals surface area contributed by atoms with Crippen LogP contribution in [0.1, 0.15) is 32.6 Å². The van der Waals surface area contributed by atoms with Gasteiger partial charge in [-0.15, -0.1) is 0 Å². The Labute approximate surface area is 180 Å². The summed E-state index contributed by atoms with van der Waals surface area (Å²) in [6, 6.07) is 28.9. The molecule has 1 aliphatic rings. The van der Waals surface area contributed by atoms with E-state index < -0.39 is 0 Å². The monoisotopic (exact) mass is 407 g/mol. The van der Waals surface area contributed by atoms with Crippen LogP contribution in [0, 0.1) is 0 Å². The van der Waals surface area contributed by atoms with E-state index >= 15 is 0 Å². The van der Waals surface area contributed by atoms with Crippen molar-refractivity contribution in [2.75, 3.05) is 5.32 Å². The van der Waals surface area contributed by atoms with Crippen molar-refractivity contribution in [3.05, 3.63) is 119 Å². The number of hydrogen-bond donors (Lipinski definition) is 2. The zero-order valence-corrected chi connectivity index (χ0v) is 16.8. The van der Waals surface area contributed by atoms with Crippen molar-refractivity contribution in [3.8, 4) is 17.2 Å². The SMILES string of the molecule is O=C1Nc2cc(Cc3cccc(Cc4cccc(O)c4)c3)ccc2Oc2ccccc21. The lowest BCUT2D eigenvalue weighted by Crippen LogP contribution is -2.10. The molecule has 0 aliphatic carbocycles. The van der Waals surface area contributed by atoms with Crippen LogP contribution in [0.5, 0.6) is 17.2 Å². The van der Waals surface area contributed by atoms with Gasteiger partial charge in [-0.3, -0.25) is 4.79 Å². The highest BCUT2D eigenvalue weighted by atomic mass is 16.5. The molecule has 0 atom stereocenters. The second-order valence-corrected chi connectivity index (χ2v) is 7.73. The summed E-state index contributed by atoms with van der Waals surface area (Å²) in [5.41, 5.74) is 5.73. The van der Waals surface area contributed by atoms with Gasteiger partial charge >= 0.3 is 0 Å². The molecular weight excluding hydrogens is 386 g/mol. The Kier molecular flexibility index (Phi) is 4.89. The molecule has 0 unspecified atom stereocenters. The van der Waals surface area contributed by atoms with Crippen LogP contribution in [0.2, 0.25) is 0 Å². The molecular formula is C27H21NO3. The average molecular weight is 407 g/mol. The number of phenols is 1. The van der Waals surface area contributed by atoms with Crippen molar-refractivity contribution in [2.24, 2.45) is 0 Å². The highest BCUT2D eigenvalue weighted by Gasteiger charge is 2.20. The fourth-order valence-corrected chi connectivity index (χ4v) is 3.91. The highest BCUT2D eigenvalue weighted by Crippen LogP contribution is 2.36. The molecule has 4 aromatic rings. The normalized spacial score (nSPS) is 12.2. The van der Waals surface area contributed by atoms with Crippen molar-refractivity contribution in [3.63, 3.8) is 0 Å². The number of fused-ring (bicyclic) bond motifs is 2. The van der Waals surface area contributed by atoms with E-state index in [1.165, 1.54) is 11.1 Å². The van der Waals surface area contributed by atoms with Crippen LogP contribution in [-0.2, 0) is 12.8 Å². The first-order chi connectivity index (χ1) is 15.1. The molecule has 5 rings (SSSR count). The molecule has 0 saturated carbocycles. The van der Waals surface area contributed by atoms with E-state index in [4.69, 9.17) is 4.74 Å². The number of amides is 1. The Morgan fingerprint density at radius 1 is 0.677 bits per heavy atom. The van der Waals surface area contributed by atoms with E-state index in [9.17, 15) is 9.90 Å². The maximum Gasteiger partial charge on any atom is 0.259 e. The van der Waals surface area contributed by atoms with E-state index in [1.54, 1.807) is 24.3 Å². The second-order valence-electron chi connectivity index (χ2n) is 7.73. The van der Waals surface area contributed by atoms with Crippen LogP contribution < -0.4 is 10.1 Å². The molecule has 2 N–H and O–H groups in total. The zero-order chi connectivity index (χ0) is 21.2. The number of ether oxygens (including phenoxy) is 1. The lowest BCUT2D eigenvalue weighted by atomic mass is 9.99. The van der Waals surface area contributed by atoms with Gasteiger partial charge in [-0.25, -0.2) is 0 Å². The van der Waals surface area contributed by atoms with Crippen LogP contribution in [0.3, 0.4) is 0 Å². The topological polar surface area (TPSA) is 58.6 Å². The highest BCUT2D eigenvalue weighted by molar-refractivity contribution is 6.08. The molecule has 0 spiro atoms. The number of hydrogen-bond acceptors (Lipinski definition) is 3. The Hall–Kier alpha value is -4.05. The largest absolute Gasteiger partial charge is 0.508 e. The van der Waals surface area contributed by atoms with Gasteiger partial charge in [-0.05, 0) is 71.5 Å². The maximum absolute atomic E-state index is 12.6. The molecule has 0 bridgehead atoms. The van der Waals surface area contributed by atoms with Crippen molar-refractivity contribution in [1.29, 1.82) is 0 Å². The van der Waals surface area contributed by atoms with Gasteiger partial charge in [0.05, 0.1) is 11.3 Å². The van der Waals surface area contributed by atoms with E-state index in [0.717, 1.165) is 24.0 Å². The molecule has 4 nitrogen and oxygen atoms in total. The van der Waals surface area contributed by atoms with Gasteiger partial charge in [-0.2, -0.15) is 0 Å².